The van der Waals surface area contributed by atoms with E-state index < -0.39 is 7.82 Å². The molecule has 0 unspecified atom stereocenters. The van der Waals surface area contributed by atoms with Gasteiger partial charge in [-0.15, -0.1) is 0 Å². The van der Waals surface area contributed by atoms with Crippen molar-refractivity contribution in [3.63, 3.8) is 0 Å². The average molecular weight is 207 g/mol. The molecule has 0 N–H and O–H groups in total. The second-order valence-electron chi connectivity index (χ2n) is 2.87. The minimum atomic E-state index is -5.39. The zero-order valence-corrected chi connectivity index (χ0v) is 9.17. The number of phosphoric acid groups is 1. The topological polar surface area (TPSA) is 86.2 Å². The molecule has 0 fully saturated rings. The van der Waals surface area contributed by atoms with Gasteiger partial charge >= 0.3 is 0 Å². The lowest BCUT2D eigenvalue weighted by molar-refractivity contribution is -0.432. The molecule has 0 saturated carbocycles. The van der Waals surface area contributed by atoms with Crippen LogP contribution in [0.25, 0.3) is 0 Å². The molecule has 0 radical (unpaired) electrons. The third-order valence-electron chi connectivity index (χ3n) is 1.11. The summed E-state index contributed by atoms with van der Waals surface area (Å²) in [5, 5.41) is 0. The van der Waals surface area contributed by atoms with Gasteiger partial charge in [-0.1, -0.05) is 31.4 Å². The number of unbranched alkanes of at least 4 members (excludes halogenated alkanes) is 2. The zero-order valence-electron chi connectivity index (χ0n) is 8.28. The zero-order chi connectivity index (χ0) is 10.9. The smallest absolute Gasteiger partial charge is 0.0348 e. The van der Waals surface area contributed by atoms with Crippen molar-refractivity contribution in [2.24, 2.45) is 0 Å². The molecular weight excluding hydrogens is 191 g/mol. The highest BCUT2D eigenvalue weighted by atomic mass is 31.2. The molecule has 0 heterocycles. The highest BCUT2D eigenvalue weighted by molar-refractivity contribution is 7.40. The van der Waals surface area contributed by atoms with Crippen LogP contribution < -0.4 is 14.7 Å². The molecule has 0 atom stereocenters. The highest BCUT2D eigenvalue weighted by Gasteiger charge is 1.77. The molecule has 0 aromatic carbocycles. The summed E-state index contributed by atoms with van der Waals surface area (Å²) in [6.45, 7) is 6.52. The summed E-state index contributed by atoms with van der Waals surface area (Å²) >= 11 is 0. The lowest BCUT2D eigenvalue weighted by Gasteiger charge is -2.36. The van der Waals surface area contributed by atoms with Crippen molar-refractivity contribution in [2.75, 3.05) is 0 Å². The molecular formula is C8H16O4P-3. The van der Waals surface area contributed by atoms with Crippen molar-refractivity contribution in [3.05, 3.63) is 11.6 Å². The monoisotopic (exact) mass is 207 g/mol. The largest absolute Gasteiger partial charge is 0.822 e. The van der Waals surface area contributed by atoms with E-state index in [-0.39, 0.29) is 0 Å². The van der Waals surface area contributed by atoms with Crippen LogP contribution in [0.4, 0.5) is 0 Å². The third kappa shape index (κ3) is 48.9. The molecule has 0 bridgehead atoms. The Morgan fingerprint density at radius 3 is 1.92 bits per heavy atom. The van der Waals surface area contributed by atoms with Crippen LogP contribution in [0, 0.1) is 0 Å². The number of rotatable bonds is 3. The molecule has 13 heavy (non-hydrogen) atoms. The van der Waals surface area contributed by atoms with Crippen LogP contribution in [-0.4, -0.2) is 0 Å². The lowest BCUT2D eigenvalue weighted by atomic mass is 10.2. The van der Waals surface area contributed by atoms with Crippen LogP contribution in [-0.2, 0) is 4.57 Å². The standard InChI is InChI=1S/C8H16.H3O4P/c1-4-5-6-7-8(2)3;1-5(2,3)4/h7H,4-6H2,1-3H3;(H3,1,2,3,4)/p-3. The van der Waals surface area contributed by atoms with Crippen molar-refractivity contribution in [1.82, 2.24) is 0 Å². The van der Waals surface area contributed by atoms with Gasteiger partial charge in [0.05, 0.1) is 0 Å². The fraction of sp³-hybridized carbons (Fsp3) is 0.750. The first-order valence-corrected chi connectivity index (χ1v) is 5.59. The van der Waals surface area contributed by atoms with Crippen molar-refractivity contribution in [3.8, 4) is 0 Å². The molecule has 0 aliphatic heterocycles. The molecule has 4 nitrogen and oxygen atoms in total. The van der Waals surface area contributed by atoms with Crippen molar-refractivity contribution < 1.29 is 19.2 Å². The number of hydrogen-bond acceptors (Lipinski definition) is 4. The molecule has 0 amide bonds. The van der Waals surface area contributed by atoms with E-state index in [0.29, 0.717) is 0 Å². The Hall–Kier alpha value is -0.150. The Labute approximate surface area is 79.5 Å². The maximum atomic E-state index is 8.55. The Bertz CT molecular complexity index is 170. The lowest BCUT2D eigenvalue weighted by Crippen LogP contribution is -2.24. The van der Waals surface area contributed by atoms with Crippen LogP contribution in [0.3, 0.4) is 0 Å². The van der Waals surface area contributed by atoms with Gasteiger partial charge in [-0.05, 0) is 20.3 Å². The Morgan fingerprint density at radius 2 is 1.69 bits per heavy atom. The number of hydrogen-bond donors (Lipinski definition) is 0. The first kappa shape index (κ1) is 15.3. The normalized spacial score (nSPS) is 10.0. The molecule has 0 aromatic heterocycles. The summed E-state index contributed by atoms with van der Waals surface area (Å²) < 4.78 is 8.55. The van der Waals surface area contributed by atoms with E-state index in [1.165, 1.54) is 24.8 Å². The summed E-state index contributed by atoms with van der Waals surface area (Å²) in [5.74, 6) is 0. The molecule has 0 aliphatic carbocycles. The SMILES string of the molecule is CCCCC=C(C)C.O=P([O-])([O-])[O-]. The quantitative estimate of drug-likeness (QED) is 0.379. The predicted octanol–water partition coefficient (Wildman–Crippen LogP) is 0.318. The predicted molar refractivity (Wildman–Crippen MR) is 46.6 cm³/mol. The van der Waals surface area contributed by atoms with E-state index in [1.807, 2.05) is 0 Å². The minimum absolute atomic E-state index is 1.26. The minimum Gasteiger partial charge on any atom is -0.822 e. The summed E-state index contributed by atoms with van der Waals surface area (Å²) in [7, 11) is -5.39. The van der Waals surface area contributed by atoms with E-state index >= 15 is 0 Å². The Morgan fingerprint density at radius 1 is 1.31 bits per heavy atom. The second kappa shape index (κ2) is 8.45. The average Bonchev–Trinajstić information content (AvgIpc) is 1.83. The van der Waals surface area contributed by atoms with Gasteiger partial charge < -0.3 is 19.2 Å². The summed E-state index contributed by atoms with van der Waals surface area (Å²) in [6.07, 6.45) is 6.21. The molecule has 0 spiro atoms. The fourth-order valence-electron chi connectivity index (χ4n) is 0.595. The summed E-state index contributed by atoms with van der Waals surface area (Å²) in [6, 6.07) is 0. The van der Waals surface area contributed by atoms with E-state index in [9.17, 15) is 0 Å². The van der Waals surface area contributed by atoms with Crippen LogP contribution in [0.1, 0.15) is 40.0 Å². The van der Waals surface area contributed by atoms with Gasteiger partial charge in [0.1, 0.15) is 0 Å². The molecule has 5 heteroatoms. The summed E-state index contributed by atoms with van der Waals surface area (Å²) in [4.78, 5) is 25.6. The van der Waals surface area contributed by atoms with Gasteiger partial charge in [-0.3, -0.25) is 0 Å². The second-order valence-corrected chi connectivity index (χ2v) is 3.77. The van der Waals surface area contributed by atoms with E-state index in [0.717, 1.165) is 0 Å². The maximum absolute atomic E-state index is 8.55. The number of allylic oxidation sites excluding steroid dienone is 2. The van der Waals surface area contributed by atoms with Crippen molar-refractivity contribution in [1.29, 1.82) is 0 Å². The summed E-state index contributed by atoms with van der Waals surface area (Å²) in [5.41, 5.74) is 1.44. The van der Waals surface area contributed by atoms with E-state index in [4.69, 9.17) is 19.2 Å². The molecule has 80 valence electrons. The molecule has 0 saturated heterocycles. The van der Waals surface area contributed by atoms with Crippen LogP contribution in [0.15, 0.2) is 11.6 Å². The van der Waals surface area contributed by atoms with Crippen molar-refractivity contribution in [2.45, 2.75) is 40.0 Å². The Kier molecular flexibility index (Phi) is 9.96. The first-order valence-electron chi connectivity index (χ1n) is 4.13. The third-order valence-corrected chi connectivity index (χ3v) is 1.11. The van der Waals surface area contributed by atoms with Crippen LogP contribution in [0.2, 0.25) is 0 Å². The van der Waals surface area contributed by atoms with Gasteiger partial charge in [0.2, 0.25) is 0 Å². The van der Waals surface area contributed by atoms with Crippen LogP contribution >= 0.6 is 7.82 Å². The maximum Gasteiger partial charge on any atom is -0.0348 e. The van der Waals surface area contributed by atoms with E-state index in [2.05, 4.69) is 26.8 Å². The van der Waals surface area contributed by atoms with Crippen LogP contribution in [0.5, 0.6) is 0 Å². The fourth-order valence-corrected chi connectivity index (χ4v) is 0.595. The van der Waals surface area contributed by atoms with Gasteiger partial charge in [-0.2, -0.15) is 7.82 Å². The van der Waals surface area contributed by atoms with E-state index in [1.54, 1.807) is 0 Å². The van der Waals surface area contributed by atoms with Gasteiger partial charge in [0.25, 0.3) is 0 Å². The van der Waals surface area contributed by atoms with Gasteiger partial charge in [0.15, 0.2) is 0 Å². The first-order chi connectivity index (χ1) is 5.77. The van der Waals surface area contributed by atoms with Crippen molar-refractivity contribution >= 4 is 7.82 Å². The molecule has 0 rings (SSSR count). The molecule has 0 aliphatic rings. The Balaban J connectivity index is 0. The van der Waals surface area contributed by atoms with Gasteiger partial charge in [0, 0.05) is 0 Å². The molecule has 0 aromatic rings. The highest BCUT2D eigenvalue weighted by Crippen LogP contribution is 2.03. The van der Waals surface area contributed by atoms with Gasteiger partial charge in [-0.25, -0.2) is 0 Å².